The van der Waals surface area contributed by atoms with E-state index in [1.165, 1.54) is 0 Å². The summed E-state index contributed by atoms with van der Waals surface area (Å²) >= 11 is 0. The van der Waals surface area contributed by atoms with E-state index in [0.717, 1.165) is 22.4 Å². The lowest BCUT2D eigenvalue weighted by atomic mass is 10.2. The molecule has 0 aliphatic carbocycles. The molecule has 21 heavy (non-hydrogen) atoms. The van der Waals surface area contributed by atoms with Gasteiger partial charge in [-0.3, -0.25) is 9.36 Å². The Balaban J connectivity index is 1.83. The van der Waals surface area contributed by atoms with E-state index in [2.05, 4.69) is 10.2 Å². The first kappa shape index (κ1) is 13.2. The number of ether oxygens (including phenoxy) is 1. The highest BCUT2D eigenvalue weighted by molar-refractivity contribution is 5.72. The molecule has 0 saturated heterocycles. The molecule has 2 heterocycles. The fourth-order valence-corrected chi connectivity index (χ4v) is 2.22. The Bertz CT molecular complexity index is 742. The van der Waals surface area contributed by atoms with Gasteiger partial charge in [0.2, 0.25) is 0 Å². The minimum Gasteiger partial charge on any atom is -0.497 e. The standard InChI is InChI=1S/C15H17N5O/c1-19-9-12(7-17-19)14-10-20(18-15(14)16)8-11-3-5-13(21-2)6-4-11/h3-7,9-10H,8H2,1-2H3,(H2,16,18). The molecule has 0 bridgehead atoms. The van der Waals surface area contributed by atoms with Crippen LogP contribution < -0.4 is 10.5 Å². The molecule has 108 valence electrons. The maximum Gasteiger partial charge on any atom is 0.153 e. The fourth-order valence-electron chi connectivity index (χ4n) is 2.22. The number of hydrogen-bond donors (Lipinski definition) is 1. The van der Waals surface area contributed by atoms with Gasteiger partial charge in [-0.1, -0.05) is 12.1 Å². The van der Waals surface area contributed by atoms with Crippen LogP contribution in [-0.4, -0.2) is 26.7 Å². The van der Waals surface area contributed by atoms with Crippen LogP contribution in [0.1, 0.15) is 5.56 Å². The summed E-state index contributed by atoms with van der Waals surface area (Å²) in [5.74, 6) is 1.35. The van der Waals surface area contributed by atoms with Crippen molar-refractivity contribution in [3.8, 4) is 16.9 Å². The van der Waals surface area contributed by atoms with Gasteiger partial charge in [-0.15, -0.1) is 0 Å². The number of methoxy groups -OCH3 is 1. The molecule has 6 nitrogen and oxygen atoms in total. The van der Waals surface area contributed by atoms with E-state index >= 15 is 0 Å². The number of rotatable bonds is 4. The van der Waals surface area contributed by atoms with Gasteiger partial charge in [0.15, 0.2) is 5.82 Å². The molecule has 6 heteroatoms. The van der Waals surface area contributed by atoms with Crippen molar-refractivity contribution in [2.75, 3.05) is 12.8 Å². The smallest absolute Gasteiger partial charge is 0.153 e. The number of anilines is 1. The number of aromatic nitrogens is 4. The third kappa shape index (κ3) is 2.74. The Labute approximate surface area is 122 Å². The number of nitrogens with two attached hydrogens (primary N) is 1. The van der Waals surface area contributed by atoms with E-state index in [0.29, 0.717) is 12.4 Å². The van der Waals surface area contributed by atoms with Gasteiger partial charge in [0, 0.05) is 30.6 Å². The van der Waals surface area contributed by atoms with Crippen LogP contribution in [0.3, 0.4) is 0 Å². The molecule has 0 unspecified atom stereocenters. The third-order valence-electron chi connectivity index (χ3n) is 3.31. The van der Waals surface area contributed by atoms with Crippen molar-refractivity contribution in [2.45, 2.75) is 6.54 Å². The zero-order valence-corrected chi connectivity index (χ0v) is 12.0. The molecule has 2 N–H and O–H groups in total. The molecule has 0 aliphatic rings. The predicted octanol–water partition coefficient (Wildman–Crippen LogP) is 1.92. The first-order valence-corrected chi connectivity index (χ1v) is 6.60. The minimum absolute atomic E-state index is 0.511. The Morgan fingerprint density at radius 3 is 2.57 bits per heavy atom. The SMILES string of the molecule is COc1ccc(Cn2cc(-c3cnn(C)c3)c(N)n2)cc1. The van der Waals surface area contributed by atoms with E-state index in [1.54, 1.807) is 18.0 Å². The molecule has 0 saturated carbocycles. The van der Waals surface area contributed by atoms with Crippen LogP contribution >= 0.6 is 0 Å². The van der Waals surface area contributed by atoms with Crippen molar-refractivity contribution in [1.29, 1.82) is 0 Å². The molecule has 0 atom stereocenters. The molecule has 0 spiro atoms. The summed E-state index contributed by atoms with van der Waals surface area (Å²) in [4.78, 5) is 0. The van der Waals surface area contributed by atoms with Gasteiger partial charge in [0.05, 0.1) is 19.9 Å². The summed E-state index contributed by atoms with van der Waals surface area (Å²) in [6.45, 7) is 0.661. The average molecular weight is 283 g/mol. The summed E-state index contributed by atoms with van der Waals surface area (Å²) in [5.41, 5.74) is 9.00. The number of benzene rings is 1. The second kappa shape index (κ2) is 5.32. The Hall–Kier alpha value is -2.76. The largest absolute Gasteiger partial charge is 0.497 e. The lowest BCUT2D eigenvalue weighted by Crippen LogP contribution is -2.00. The molecule has 3 aromatic rings. The van der Waals surface area contributed by atoms with E-state index in [9.17, 15) is 0 Å². The monoisotopic (exact) mass is 283 g/mol. The van der Waals surface area contributed by atoms with Crippen molar-refractivity contribution < 1.29 is 4.74 Å². The van der Waals surface area contributed by atoms with Gasteiger partial charge in [-0.05, 0) is 17.7 Å². The molecular formula is C15H17N5O. The van der Waals surface area contributed by atoms with Crippen molar-refractivity contribution in [1.82, 2.24) is 19.6 Å². The second-order valence-electron chi connectivity index (χ2n) is 4.88. The Morgan fingerprint density at radius 2 is 1.95 bits per heavy atom. The van der Waals surface area contributed by atoms with Gasteiger partial charge >= 0.3 is 0 Å². The maximum atomic E-state index is 5.99. The molecule has 0 aliphatic heterocycles. The van der Waals surface area contributed by atoms with E-state index in [4.69, 9.17) is 10.5 Å². The average Bonchev–Trinajstić information content (AvgIpc) is 3.06. The van der Waals surface area contributed by atoms with Gasteiger partial charge < -0.3 is 10.5 Å². The number of nitrogen functional groups attached to an aromatic ring is 1. The second-order valence-corrected chi connectivity index (χ2v) is 4.88. The Morgan fingerprint density at radius 1 is 1.19 bits per heavy atom. The highest BCUT2D eigenvalue weighted by atomic mass is 16.5. The molecule has 2 aromatic heterocycles. The zero-order chi connectivity index (χ0) is 14.8. The van der Waals surface area contributed by atoms with Crippen LogP contribution in [0.15, 0.2) is 42.9 Å². The summed E-state index contributed by atoms with van der Waals surface area (Å²) in [5, 5.41) is 8.52. The topological polar surface area (TPSA) is 70.9 Å². The molecule has 3 rings (SSSR count). The van der Waals surface area contributed by atoms with E-state index in [1.807, 2.05) is 48.4 Å². The molecule has 0 amide bonds. The van der Waals surface area contributed by atoms with Gasteiger partial charge in [0.1, 0.15) is 5.75 Å². The van der Waals surface area contributed by atoms with Crippen LogP contribution in [-0.2, 0) is 13.6 Å². The summed E-state index contributed by atoms with van der Waals surface area (Å²) in [6.07, 6.45) is 5.65. The van der Waals surface area contributed by atoms with Crippen LogP contribution in [0.5, 0.6) is 5.75 Å². The molecule has 0 fully saturated rings. The highest BCUT2D eigenvalue weighted by Crippen LogP contribution is 2.24. The van der Waals surface area contributed by atoms with Crippen LogP contribution in [0, 0.1) is 0 Å². The van der Waals surface area contributed by atoms with Crippen LogP contribution in [0.2, 0.25) is 0 Å². The maximum absolute atomic E-state index is 5.99. The molecule has 0 radical (unpaired) electrons. The third-order valence-corrected chi connectivity index (χ3v) is 3.31. The molecule has 1 aromatic carbocycles. The van der Waals surface area contributed by atoms with E-state index < -0.39 is 0 Å². The highest BCUT2D eigenvalue weighted by Gasteiger charge is 2.10. The van der Waals surface area contributed by atoms with Gasteiger partial charge in [-0.25, -0.2) is 0 Å². The quantitative estimate of drug-likeness (QED) is 0.794. The lowest BCUT2D eigenvalue weighted by molar-refractivity contribution is 0.414. The summed E-state index contributed by atoms with van der Waals surface area (Å²) in [7, 11) is 3.53. The normalized spacial score (nSPS) is 10.8. The van der Waals surface area contributed by atoms with Crippen LogP contribution in [0.4, 0.5) is 5.82 Å². The van der Waals surface area contributed by atoms with Gasteiger partial charge in [-0.2, -0.15) is 10.2 Å². The molecular weight excluding hydrogens is 266 g/mol. The van der Waals surface area contributed by atoms with Crippen LogP contribution in [0.25, 0.3) is 11.1 Å². The number of nitrogens with zero attached hydrogens (tertiary/aromatic N) is 4. The van der Waals surface area contributed by atoms with Crippen molar-refractivity contribution >= 4 is 5.82 Å². The minimum atomic E-state index is 0.511. The fraction of sp³-hybridized carbons (Fsp3) is 0.200. The van der Waals surface area contributed by atoms with Crippen molar-refractivity contribution in [3.63, 3.8) is 0 Å². The predicted molar refractivity (Wildman–Crippen MR) is 80.9 cm³/mol. The first-order chi connectivity index (χ1) is 10.2. The van der Waals surface area contributed by atoms with Crippen molar-refractivity contribution in [3.05, 3.63) is 48.4 Å². The van der Waals surface area contributed by atoms with E-state index in [-0.39, 0.29) is 0 Å². The Kier molecular flexibility index (Phi) is 3.35. The zero-order valence-electron chi connectivity index (χ0n) is 12.0. The summed E-state index contributed by atoms with van der Waals surface area (Å²) in [6, 6.07) is 7.90. The number of hydrogen-bond acceptors (Lipinski definition) is 4. The summed E-state index contributed by atoms with van der Waals surface area (Å²) < 4.78 is 8.73. The lowest BCUT2D eigenvalue weighted by Gasteiger charge is -2.03. The number of aryl methyl sites for hydroxylation is 1. The van der Waals surface area contributed by atoms with Gasteiger partial charge in [0.25, 0.3) is 0 Å². The van der Waals surface area contributed by atoms with Crippen molar-refractivity contribution in [2.24, 2.45) is 7.05 Å². The first-order valence-electron chi connectivity index (χ1n) is 6.60.